The zero-order chi connectivity index (χ0) is 15.4. The number of benzene rings is 1. The first-order valence-electron chi connectivity index (χ1n) is 7.67. The van der Waals surface area contributed by atoms with Gasteiger partial charge in [-0.15, -0.1) is 0 Å². The molecular formula is C17H26N4. The van der Waals surface area contributed by atoms with Gasteiger partial charge in [-0.2, -0.15) is 0 Å². The van der Waals surface area contributed by atoms with Crippen LogP contribution in [0.25, 0.3) is 11.0 Å². The van der Waals surface area contributed by atoms with Crippen molar-refractivity contribution < 1.29 is 0 Å². The van der Waals surface area contributed by atoms with E-state index in [0.717, 1.165) is 17.8 Å². The fraction of sp³-hybridized carbons (Fsp3) is 0.588. The van der Waals surface area contributed by atoms with Gasteiger partial charge in [0.2, 0.25) is 0 Å². The molecular weight excluding hydrogens is 260 g/mol. The molecule has 1 aliphatic carbocycles. The Labute approximate surface area is 126 Å². The number of hydrazine groups is 1. The predicted octanol–water partition coefficient (Wildman–Crippen LogP) is 2.63. The second-order valence-corrected chi connectivity index (χ2v) is 7.47. The Morgan fingerprint density at radius 3 is 2.38 bits per heavy atom. The summed E-state index contributed by atoms with van der Waals surface area (Å²) in [5.74, 6) is 7.52. The zero-order valence-electron chi connectivity index (χ0n) is 13.6. The Kier molecular flexibility index (Phi) is 3.15. The molecule has 1 heterocycles. The molecule has 0 bridgehead atoms. The first kappa shape index (κ1) is 14.5. The molecule has 4 nitrogen and oxygen atoms in total. The number of aromatic nitrogens is 2. The maximum absolute atomic E-state index is 5.86. The minimum absolute atomic E-state index is 0.255. The molecule has 1 atom stereocenters. The van der Waals surface area contributed by atoms with Gasteiger partial charge >= 0.3 is 0 Å². The van der Waals surface area contributed by atoms with Crippen LogP contribution in [0.2, 0.25) is 0 Å². The van der Waals surface area contributed by atoms with Crippen molar-refractivity contribution in [3.8, 4) is 0 Å². The number of nitrogens with zero attached hydrogens (tertiary/aromatic N) is 2. The van der Waals surface area contributed by atoms with E-state index in [4.69, 9.17) is 10.8 Å². The molecule has 0 saturated heterocycles. The van der Waals surface area contributed by atoms with E-state index in [1.807, 2.05) is 6.07 Å². The SMILES string of the molecule is Cn1c(CC(NN)C2C(C)(C)C2(C)C)nc2ccccc21. The van der Waals surface area contributed by atoms with Gasteiger partial charge in [-0.3, -0.25) is 11.3 Å². The number of hydrogen-bond donors (Lipinski definition) is 2. The molecule has 0 aliphatic heterocycles. The van der Waals surface area contributed by atoms with Crippen LogP contribution in [0.15, 0.2) is 24.3 Å². The highest BCUT2D eigenvalue weighted by atomic mass is 15.2. The summed E-state index contributed by atoms with van der Waals surface area (Å²) in [4.78, 5) is 4.77. The summed E-state index contributed by atoms with van der Waals surface area (Å²) in [6, 6.07) is 8.52. The number of para-hydroxylation sites is 2. The van der Waals surface area contributed by atoms with E-state index in [-0.39, 0.29) is 6.04 Å². The number of nitrogens with one attached hydrogen (secondary N) is 1. The summed E-state index contributed by atoms with van der Waals surface area (Å²) < 4.78 is 2.18. The first-order chi connectivity index (χ1) is 9.80. The molecule has 1 fully saturated rings. The number of aryl methyl sites for hydroxylation is 1. The number of hydrogen-bond acceptors (Lipinski definition) is 3. The first-order valence-corrected chi connectivity index (χ1v) is 7.67. The zero-order valence-corrected chi connectivity index (χ0v) is 13.6. The molecule has 3 N–H and O–H groups in total. The number of rotatable bonds is 4. The second kappa shape index (κ2) is 4.55. The summed E-state index contributed by atoms with van der Waals surface area (Å²) in [6.07, 6.45) is 0.860. The van der Waals surface area contributed by atoms with Crippen LogP contribution in [0.4, 0.5) is 0 Å². The van der Waals surface area contributed by atoms with Crippen molar-refractivity contribution >= 4 is 11.0 Å². The molecule has 3 rings (SSSR count). The number of nitrogens with two attached hydrogens (primary N) is 1. The van der Waals surface area contributed by atoms with Gasteiger partial charge in [0.15, 0.2) is 0 Å². The van der Waals surface area contributed by atoms with Gasteiger partial charge in [-0.1, -0.05) is 39.8 Å². The maximum Gasteiger partial charge on any atom is 0.111 e. The van der Waals surface area contributed by atoms with Crippen LogP contribution in [0.5, 0.6) is 0 Å². The fourth-order valence-corrected chi connectivity index (χ4v) is 4.10. The third-order valence-corrected chi connectivity index (χ3v) is 6.03. The van der Waals surface area contributed by atoms with Crippen LogP contribution in [0, 0.1) is 16.7 Å². The van der Waals surface area contributed by atoms with E-state index in [1.54, 1.807) is 0 Å². The monoisotopic (exact) mass is 286 g/mol. The molecule has 1 saturated carbocycles. The molecule has 21 heavy (non-hydrogen) atoms. The average molecular weight is 286 g/mol. The third-order valence-electron chi connectivity index (χ3n) is 6.03. The Morgan fingerprint density at radius 1 is 1.24 bits per heavy atom. The Hall–Kier alpha value is -1.39. The molecule has 1 aromatic carbocycles. The van der Waals surface area contributed by atoms with Crippen molar-refractivity contribution in [1.29, 1.82) is 0 Å². The van der Waals surface area contributed by atoms with E-state index < -0.39 is 0 Å². The van der Waals surface area contributed by atoms with Gasteiger partial charge in [-0.25, -0.2) is 4.98 Å². The van der Waals surface area contributed by atoms with Crippen LogP contribution in [0.1, 0.15) is 33.5 Å². The van der Waals surface area contributed by atoms with E-state index in [0.29, 0.717) is 16.7 Å². The predicted molar refractivity (Wildman–Crippen MR) is 86.6 cm³/mol. The van der Waals surface area contributed by atoms with Crippen LogP contribution < -0.4 is 11.3 Å². The van der Waals surface area contributed by atoms with Gasteiger partial charge in [0.25, 0.3) is 0 Å². The fourth-order valence-electron chi connectivity index (χ4n) is 4.10. The van der Waals surface area contributed by atoms with E-state index >= 15 is 0 Å². The van der Waals surface area contributed by atoms with Gasteiger partial charge in [0.05, 0.1) is 11.0 Å². The highest BCUT2D eigenvalue weighted by Crippen LogP contribution is 2.69. The van der Waals surface area contributed by atoms with E-state index in [1.165, 1.54) is 5.52 Å². The standard InChI is InChI=1S/C17H26N4/c1-16(2)15(17(16,3)4)12(20-18)10-14-19-11-8-6-7-9-13(11)21(14)5/h6-9,12,15,20H,10,18H2,1-5H3. The summed E-state index contributed by atoms with van der Waals surface area (Å²) >= 11 is 0. The van der Waals surface area contributed by atoms with Gasteiger partial charge in [0.1, 0.15) is 5.82 Å². The van der Waals surface area contributed by atoms with Crippen molar-refractivity contribution in [3.05, 3.63) is 30.1 Å². The van der Waals surface area contributed by atoms with Crippen molar-refractivity contribution in [2.45, 2.75) is 40.2 Å². The lowest BCUT2D eigenvalue weighted by atomic mass is 10.0. The third kappa shape index (κ3) is 2.00. The van der Waals surface area contributed by atoms with E-state index in [2.05, 4.69) is 62.9 Å². The average Bonchev–Trinajstić information content (AvgIpc) is 2.70. The van der Waals surface area contributed by atoms with Crippen LogP contribution >= 0.6 is 0 Å². The highest BCUT2D eigenvalue weighted by molar-refractivity contribution is 5.75. The molecule has 1 aromatic heterocycles. The lowest BCUT2D eigenvalue weighted by Crippen LogP contribution is -2.40. The van der Waals surface area contributed by atoms with Crippen LogP contribution in [0.3, 0.4) is 0 Å². The van der Waals surface area contributed by atoms with Gasteiger partial charge in [-0.05, 0) is 28.9 Å². The topological polar surface area (TPSA) is 55.9 Å². The number of fused-ring (bicyclic) bond motifs is 1. The minimum atomic E-state index is 0.255. The summed E-state index contributed by atoms with van der Waals surface area (Å²) in [6.45, 7) is 9.32. The Morgan fingerprint density at radius 2 is 1.86 bits per heavy atom. The molecule has 1 unspecified atom stereocenters. The second-order valence-electron chi connectivity index (χ2n) is 7.47. The maximum atomic E-state index is 5.86. The highest BCUT2D eigenvalue weighted by Gasteiger charge is 2.66. The Bertz CT molecular complexity index is 654. The lowest BCUT2D eigenvalue weighted by Gasteiger charge is -2.18. The van der Waals surface area contributed by atoms with Crippen molar-refractivity contribution in [1.82, 2.24) is 15.0 Å². The van der Waals surface area contributed by atoms with Crippen LogP contribution in [-0.4, -0.2) is 15.6 Å². The molecule has 4 heteroatoms. The van der Waals surface area contributed by atoms with Crippen molar-refractivity contribution in [2.75, 3.05) is 0 Å². The summed E-state index contributed by atoms with van der Waals surface area (Å²) in [5, 5.41) is 0. The van der Waals surface area contributed by atoms with Crippen LogP contribution in [-0.2, 0) is 13.5 Å². The number of imidazole rings is 1. The Balaban J connectivity index is 1.89. The summed E-state index contributed by atoms with van der Waals surface area (Å²) in [5.41, 5.74) is 5.90. The lowest BCUT2D eigenvalue weighted by molar-refractivity contribution is 0.394. The molecule has 0 radical (unpaired) electrons. The largest absolute Gasteiger partial charge is 0.331 e. The summed E-state index contributed by atoms with van der Waals surface area (Å²) in [7, 11) is 2.08. The van der Waals surface area contributed by atoms with E-state index in [9.17, 15) is 0 Å². The van der Waals surface area contributed by atoms with Gasteiger partial charge < -0.3 is 4.57 Å². The smallest absolute Gasteiger partial charge is 0.111 e. The molecule has 1 aliphatic rings. The van der Waals surface area contributed by atoms with Gasteiger partial charge in [0, 0.05) is 19.5 Å². The molecule has 114 valence electrons. The molecule has 0 spiro atoms. The van der Waals surface area contributed by atoms with Crippen molar-refractivity contribution in [2.24, 2.45) is 29.6 Å². The normalized spacial score (nSPS) is 21.6. The quantitative estimate of drug-likeness (QED) is 0.671. The molecule has 2 aromatic rings. The minimum Gasteiger partial charge on any atom is -0.331 e. The van der Waals surface area contributed by atoms with Crippen molar-refractivity contribution in [3.63, 3.8) is 0 Å². The molecule has 0 amide bonds.